The number of amides is 1. The highest BCUT2D eigenvalue weighted by molar-refractivity contribution is 9.10. The van der Waals surface area contributed by atoms with E-state index in [0.717, 1.165) is 21.4 Å². The third-order valence-corrected chi connectivity index (χ3v) is 4.41. The van der Waals surface area contributed by atoms with Gasteiger partial charge in [-0.25, -0.2) is 4.98 Å². The normalized spacial score (nSPS) is 11.5. The number of nitrogens with zero attached hydrogens (tertiary/aromatic N) is 2. The molecule has 0 atom stereocenters. The van der Waals surface area contributed by atoms with E-state index < -0.39 is 0 Å². The summed E-state index contributed by atoms with van der Waals surface area (Å²) in [7, 11) is 0. The third-order valence-electron chi connectivity index (χ3n) is 3.94. The first-order valence-electron chi connectivity index (χ1n) is 8.20. The molecule has 25 heavy (non-hydrogen) atoms. The number of benzene rings is 1. The first kappa shape index (κ1) is 17.4. The van der Waals surface area contributed by atoms with Crippen molar-refractivity contribution in [1.29, 1.82) is 0 Å². The van der Waals surface area contributed by atoms with E-state index in [1.807, 2.05) is 47.1 Å². The summed E-state index contributed by atoms with van der Waals surface area (Å²) in [5.41, 5.74) is 3.98. The molecule has 1 amide bonds. The van der Waals surface area contributed by atoms with Gasteiger partial charge in [-0.05, 0) is 51.2 Å². The SMILES string of the molecule is CC(C)c1ccc(/C=C/C(=O)NCc2cn3cc(Br)ccc3n2)cc1. The van der Waals surface area contributed by atoms with E-state index in [0.29, 0.717) is 12.5 Å². The molecular formula is C20H20BrN3O. The van der Waals surface area contributed by atoms with E-state index in [4.69, 9.17) is 0 Å². The molecule has 4 nitrogen and oxygen atoms in total. The summed E-state index contributed by atoms with van der Waals surface area (Å²) in [6, 6.07) is 12.1. The zero-order valence-electron chi connectivity index (χ0n) is 14.2. The number of nitrogens with one attached hydrogen (secondary N) is 1. The zero-order valence-corrected chi connectivity index (χ0v) is 15.8. The topological polar surface area (TPSA) is 46.4 Å². The number of hydrogen-bond acceptors (Lipinski definition) is 2. The van der Waals surface area contributed by atoms with Gasteiger partial charge in [0.25, 0.3) is 0 Å². The number of aromatic nitrogens is 2. The van der Waals surface area contributed by atoms with Crippen molar-refractivity contribution in [3.8, 4) is 0 Å². The van der Waals surface area contributed by atoms with Crippen LogP contribution in [0.1, 0.15) is 36.6 Å². The number of pyridine rings is 1. The third kappa shape index (κ3) is 4.57. The van der Waals surface area contributed by atoms with E-state index in [-0.39, 0.29) is 5.91 Å². The number of carbonyl (C=O) groups excluding carboxylic acids is 1. The molecule has 0 unspecified atom stereocenters. The largest absolute Gasteiger partial charge is 0.347 e. The van der Waals surface area contributed by atoms with Gasteiger partial charge in [-0.1, -0.05) is 38.1 Å². The van der Waals surface area contributed by atoms with E-state index in [2.05, 4.69) is 52.2 Å². The van der Waals surface area contributed by atoms with Crippen molar-refractivity contribution in [3.05, 3.63) is 76.2 Å². The Labute approximate surface area is 155 Å². The molecule has 5 heteroatoms. The first-order chi connectivity index (χ1) is 12.0. The van der Waals surface area contributed by atoms with Gasteiger partial charge in [-0.3, -0.25) is 4.79 Å². The lowest BCUT2D eigenvalue weighted by Crippen LogP contribution is -2.20. The molecule has 128 valence electrons. The van der Waals surface area contributed by atoms with Crippen LogP contribution >= 0.6 is 15.9 Å². The maximum Gasteiger partial charge on any atom is 0.244 e. The minimum absolute atomic E-state index is 0.133. The minimum atomic E-state index is -0.133. The van der Waals surface area contributed by atoms with Crippen LogP contribution in [-0.4, -0.2) is 15.3 Å². The fourth-order valence-electron chi connectivity index (χ4n) is 2.50. The number of imidazole rings is 1. The summed E-state index contributed by atoms with van der Waals surface area (Å²) in [5, 5.41) is 2.86. The lowest BCUT2D eigenvalue weighted by atomic mass is 10.0. The number of rotatable bonds is 5. The highest BCUT2D eigenvalue weighted by Crippen LogP contribution is 2.15. The van der Waals surface area contributed by atoms with Gasteiger partial charge in [0.05, 0.1) is 12.2 Å². The van der Waals surface area contributed by atoms with Crippen LogP contribution in [0.25, 0.3) is 11.7 Å². The molecule has 0 radical (unpaired) electrons. The summed E-state index contributed by atoms with van der Waals surface area (Å²) in [5.74, 6) is 0.374. The van der Waals surface area contributed by atoms with E-state index >= 15 is 0 Å². The summed E-state index contributed by atoms with van der Waals surface area (Å²) in [6.45, 7) is 4.72. The maximum absolute atomic E-state index is 12.0. The van der Waals surface area contributed by atoms with Gasteiger partial charge in [0.15, 0.2) is 0 Å². The highest BCUT2D eigenvalue weighted by atomic mass is 79.9. The predicted octanol–water partition coefficient (Wildman–Crippen LogP) is 4.55. The van der Waals surface area contributed by atoms with Crippen LogP contribution in [0.4, 0.5) is 0 Å². The summed E-state index contributed by atoms with van der Waals surface area (Å²) in [4.78, 5) is 16.5. The molecule has 0 spiro atoms. The summed E-state index contributed by atoms with van der Waals surface area (Å²) in [6.07, 6.45) is 7.22. The van der Waals surface area contributed by atoms with Gasteiger partial charge >= 0.3 is 0 Å². The maximum atomic E-state index is 12.0. The first-order valence-corrected chi connectivity index (χ1v) is 8.99. The molecule has 3 aromatic rings. The molecule has 0 fully saturated rings. The molecule has 3 rings (SSSR count). The van der Waals surface area contributed by atoms with Crippen LogP contribution in [0.5, 0.6) is 0 Å². The van der Waals surface area contributed by atoms with E-state index in [1.165, 1.54) is 5.56 Å². The highest BCUT2D eigenvalue weighted by Gasteiger charge is 2.03. The van der Waals surface area contributed by atoms with Gasteiger partial charge in [0.1, 0.15) is 5.65 Å². The Morgan fingerprint density at radius 1 is 1.20 bits per heavy atom. The van der Waals surface area contributed by atoms with Crippen molar-refractivity contribution in [2.75, 3.05) is 0 Å². The predicted molar refractivity (Wildman–Crippen MR) is 104 cm³/mol. The number of fused-ring (bicyclic) bond motifs is 1. The number of carbonyl (C=O) groups is 1. The average Bonchev–Trinajstić information content (AvgIpc) is 3.00. The monoisotopic (exact) mass is 397 g/mol. The van der Waals surface area contributed by atoms with Crippen LogP contribution in [0.2, 0.25) is 0 Å². The molecule has 0 aliphatic carbocycles. The van der Waals surface area contributed by atoms with Crippen molar-refractivity contribution in [2.45, 2.75) is 26.3 Å². The van der Waals surface area contributed by atoms with Gasteiger partial charge in [0.2, 0.25) is 5.91 Å². The van der Waals surface area contributed by atoms with Crippen LogP contribution < -0.4 is 5.32 Å². The Morgan fingerprint density at radius 3 is 2.68 bits per heavy atom. The molecule has 2 aromatic heterocycles. The van der Waals surface area contributed by atoms with Gasteiger partial charge in [0, 0.05) is 22.9 Å². The van der Waals surface area contributed by atoms with Gasteiger partial charge < -0.3 is 9.72 Å². The van der Waals surface area contributed by atoms with E-state index in [9.17, 15) is 4.79 Å². The number of hydrogen-bond donors (Lipinski definition) is 1. The van der Waals surface area contributed by atoms with E-state index in [1.54, 1.807) is 6.08 Å². The van der Waals surface area contributed by atoms with Crippen LogP contribution in [0.3, 0.4) is 0 Å². The molecular weight excluding hydrogens is 378 g/mol. The summed E-state index contributed by atoms with van der Waals surface area (Å²) < 4.78 is 2.91. The van der Waals surface area contributed by atoms with Crippen molar-refractivity contribution in [1.82, 2.24) is 14.7 Å². The van der Waals surface area contributed by atoms with Crippen LogP contribution in [0.15, 0.2) is 59.3 Å². The molecule has 1 N–H and O–H groups in total. The molecule has 1 aromatic carbocycles. The molecule has 0 saturated heterocycles. The smallest absolute Gasteiger partial charge is 0.244 e. The van der Waals surface area contributed by atoms with Gasteiger partial charge in [-0.2, -0.15) is 0 Å². The van der Waals surface area contributed by atoms with Gasteiger partial charge in [-0.15, -0.1) is 0 Å². The minimum Gasteiger partial charge on any atom is -0.347 e. The Hall–Kier alpha value is -2.40. The van der Waals surface area contributed by atoms with Crippen molar-refractivity contribution < 1.29 is 4.79 Å². The second kappa shape index (κ2) is 7.66. The lowest BCUT2D eigenvalue weighted by molar-refractivity contribution is -0.116. The second-order valence-electron chi connectivity index (χ2n) is 6.22. The Morgan fingerprint density at radius 2 is 1.96 bits per heavy atom. The Balaban J connectivity index is 1.58. The molecule has 2 heterocycles. The lowest BCUT2D eigenvalue weighted by Gasteiger charge is -2.04. The second-order valence-corrected chi connectivity index (χ2v) is 7.13. The summed E-state index contributed by atoms with van der Waals surface area (Å²) >= 11 is 3.43. The average molecular weight is 398 g/mol. The molecule has 0 aliphatic heterocycles. The molecule has 0 bridgehead atoms. The van der Waals surface area contributed by atoms with Crippen molar-refractivity contribution >= 4 is 33.6 Å². The van der Waals surface area contributed by atoms with Crippen LogP contribution in [0, 0.1) is 0 Å². The Kier molecular flexibility index (Phi) is 5.34. The quantitative estimate of drug-likeness (QED) is 0.641. The van der Waals surface area contributed by atoms with Crippen molar-refractivity contribution in [3.63, 3.8) is 0 Å². The van der Waals surface area contributed by atoms with Crippen molar-refractivity contribution in [2.24, 2.45) is 0 Å². The fraction of sp³-hybridized carbons (Fsp3) is 0.200. The Bertz CT molecular complexity index is 910. The standard InChI is InChI=1S/C20H20BrN3O/c1-14(2)16-6-3-15(4-7-16)5-10-20(25)22-11-18-13-24-12-17(21)8-9-19(24)23-18/h3-10,12-14H,11H2,1-2H3,(H,22,25)/b10-5+. The zero-order chi connectivity index (χ0) is 17.8. The fourth-order valence-corrected chi connectivity index (χ4v) is 2.86. The number of halogens is 1. The molecule has 0 aliphatic rings. The molecule has 0 saturated carbocycles. The van der Waals surface area contributed by atoms with Crippen LogP contribution in [-0.2, 0) is 11.3 Å².